The maximum absolute atomic E-state index is 12.2. The fourth-order valence-corrected chi connectivity index (χ4v) is 2.19. The van der Waals surface area contributed by atoms with Gasteiger partial charge in [0.25, 0.3) is 5.91 Å². The molecule has 0 radical (unpaired) electrons. The molecule has 128 valence electrons. The highest BCUT2D eigenvalue weighted by Gasteiger charge is 2.11. The molecule has 5 nitrogen and oxygen atoms in total. The van der Waals surface area contributed by atoms with E-state index in [1.807, 2.05) is 24.3 Å². The minimum absolute atomic E-state index is 0.274. The number of carbonyl (C=O) groups excluding carboxylic acids is 2. The third-order valence-corrected chi connectivity index (χ3v) is 3.39. The molecular formula is C20H20N2O3. The molecule has 0 aliphatic heterocycles. The van der Waals surface area contributed by atoms with Gasteiger partial charge in [0.05, 0.1) is 18.4 Å². The van der Waals surface area contributed by atoms with Crippen molar-refractivity contribution in [3.8, 4) is 5.75 Å². The summed E-state index contributed by atoms with van der Waals surface area (Å²) in [6, 6.07) is 14.2. The van der Waals surface area contributed by atoms with Crippen molar-refractivity contribution in [2.75, 3.05) is 19.0 Å². The predicted molar refractivity (Wildman–Crippen MR) is 99.6 cm³/mol. The number of benzene rings is 2. The Kier molecular flexibility index (Phi) is 6.54. The van der Waals surface area contributed by atoms with E-state index in [0.717, 1.165) is 5.56 Å². The lowest BCUT2D eigenvalue weighted by atomic mass is 10.1. The number of anilines is 1. The molecule has 0 bridgehead atoms. The van der Waals surface area contributed by atoms with E-state index in [1.54, 1.807) is 43.5 Å². The molecule has 0 aliphatic rings. The van der Waals surface area contributed by atoms with E-state index >= 15 is 0 Å². The molecule has 5 heteroatoms. The number of carbonyl (C=O) groups is 2. The van der Waals surface area contributed by atoms with E-state index in [0.29, 0.717) is 23.5 Å². The maximum Gasteiger partial charge on any atom is 0.253 e. The van der Waals surface area contributed by atoms with E-state index in [2.05, 4.69) is 17.2 Å². The van der Waals surface area contributed by atoms with Crippen molar-refractivity contribution in [1.82, 2.24) is 5.32 Å². The highest BCUT2D eigenvalue weighted by molar-refractivity contribution is 6.07. The molecule has 2 aromatic rings. The van der Waals surface area contributed by atoms with Crippen molar-refractivity contribution in [2.24, 2.45) is 0 Å². The van der Waals surface area contributed by atoms with Crippen LogP contribution in [-0.2, 0) is 4.79 Å². The Morgan fingerprint density at radius 2 is 1.84 bits per heavy atom. The quantitative estimate of drug-likeness (QED) is 0.602. The number of amides is 2. The van der Waals surface area contributed by atoms with Crippen LogP contribution in [0.4, 0.5) is 5.69 Å². The summed E-state index contributed by atoms with van der Waals surface area (Å²) in [5, 5.41) is 5.41. The van der Waals surface area contributed by atoms with Gasteiger partial charge in [0.2, 0.25) is 5.91 Å². The highest BCUT2D eigenvalue weighted by atomic mass is 16.5. The molecule has 0 saturated carbocycles. The predicted octanol–water partition coefficient (Wildman–Crippen LogP) is 3.26. The highest BCUT2D eigenvalue weighted by Crippen LogP contribution is 2.19. The molecule has 0 saturated heterocycles. The summed E-state index contributed by atoms with van der Waals surface area (Å²) < 4.78 is 5.24. The van der Waals surface area contributed by atoms with Crippen LogP contribution in [0.1, 0.15) is 15.9 Å². The Balaban J connectivity index is 2.12. The van der Waals surface area contributed by atoms with E-state index in [9.17, 15) is 9.59 Å². The van der Waals surface area contributed by atoms with Crippen LogP contribution in [-0.4, -0.2) is 25.5 Å². The van der Waals surface area contributed by atoms with E-state index in [4.69, 9.17) is 4.74 Å². The Hall–Kier alpha value is -3.34. The molecular weight excluding hydrogens is 316 g/mol. The first-order valence-corrected chi connectivity index (χ1v) is 7.76. The zero-order chi connectivity index (χ0) is 18.1. The van der Waals surface area contributed by atoms with Crippen LogP contribution in [0.25, 0.3) is 6.08 Å². The molecule has 25 heavy (non-hydrogen) atoms. The topological polar surface area (TPSA) is 67.4 Å². The SMILES string of the molecule is C=CCNC(=O)c1ccccc1NC(=O)/C=C/c1ccccc1OC. The van der Waals surface area contributed by atoms with Gasteiger partial charge in [-0.3, -0.25) is 9.59 Å². The molecule has 2 rings (SSSR count). The summed E-state index contributed by atoms with van der Waals surface area (Å²) in [4.78, 5) is 24.3. The van der Waals surface area contributed by atoms with E-state index in [1.165, 1.54) is 6.08 Å². The van der Waals surface area contributed by atoms with Crippen molar-refractivity contribution >= 4 is 23.6 Å². The van der Waals surface area contributed by atoms with Crippen molar-refractivity contribution < 1.29 is 14.3 Å². The lowest BCUT2D eigenvalue weighted by Crippen LogP contribution is -2.24. The molecule has 0 aliphatic carbocycles. The van der Waals surface area contributed by atoms with Gasteiger partial charge < -0.3 is 15.4 Å². The average molecular weight is 336 g/mol. The van der Waals surface area contributed by atoms with Crippen molar-refractivity contribution in [3.05, 3.63) is 78.4 Å². The maximum atomic E-state index is 12.2. The van der Waals surface area contributed by atoms with Gasteiger partial charge >= 0.3 is 0 Å². The van der Waals surface area contributed by atoms with Gasteiger partial charge in [-0.15, -0.1) is 6.58 Å². The van der Waals surface area contributed by atoms with Crippen LogP contribution in [0.2, 0.25) is 0 Å². The largest absolute Gasteiger partial charge is 0.496 e. The van der Waals surface area contributed by atoms with Crippen LogP contribution < -0.4 is 15.4 Å². The van der Waals surface area contributed by atoms with Crippen LogP contribution >= 0.6 is 0 Å². The number of rotatable bonds is 7. The Bertz CT molecular complexity index is 797. The fourth-order valence-electron chi connectivity index (χ4n) is 2.19. The Morgan fingerprint density at radius 3 is 2.60 bits per heavy atom. The standard InChI is InChI=1S/C20H20N2O3/c1-3-14-21-20(24)16-9-5-6-10-17(16)22-19(23)13-12-15-8-4-7-11-18(15)25-2/h3-13H,1,14H2,2H3,(H,21,24)(H,22,23)/b13-12+. The van der Waals surface area contributed by atoms with Gasteiger partial charge in [-0.2, -0.15) is 0 Å². The summed E-state index contributed by atoms with van der Waals surface area (Å²) in [5.41, 5.74) is 1.62. The molecule has 0 spiro atoms. The van der Waals surface area contributed by atoms with E-state index in [-0.39, 0.29) is 11.8 Å². The second-order valence-corrected chi connectivity index (χ2v) is 5.11. The van der Waals surface area contributed by atoms with Crippen LogP contribution in [0.15, 0.2) is 67.3 Å². The summed E-state index contributed by atoms with van der Waals surface area (Å²) in [5.74, 6) is 0.0649. The molecule has 0 heterocycles. The lowest BCUT2D eigenvalue weighted by Gasteiger charge is -2.09. The number of nitrogens with one attached hydrogen (secondary N) is 2. The third kappa shape index (κ3) is 5.07. The molecule has 0 atom stereocenters. The first kappa shape index (κ1) is 18.0. The molecule has 2 amide bonds. The van der Waals surface area contributed by atoms with Crippen LogP contribution in [0, 0.1) is 0 Å². The summed E-state index contributed by atoms with van der Waals surface area (Å²) in [7, 11) is 1.57. The second kappa shape index (κ2) is 9.08. The summed E-state index contributed by atoms with van der Waals surface area (Å²) >= 11 is 0. The zero-order valence-electron chi connectivity index (χ0n) is 14.0. The lowest BCUT2D eigenvalue weighted by molar-refractivity contribution is -0.111. The van der Waals surface area contributed by atoms with Gasteiger partial charge in [-0.1, -0.05) is 36.4 Å². The van der Waals surface area contributed by atoms with Crippen molar-refractivity contribution in [1.29, 1.82) is 0 Å². The Morgan fingerprint density at radius 1 is 1.12 bits per heavy atom. The van der Waals surface area contributed by atoms with Gasteiger partial charge in [0.15, 0.2) is 0 Å². The van der Waals surface area contributed by atoms with Gasteiger partial charge in [-0.25, -0.2) is 0 Å². The minimum atomic E-state index is -0.338. The van der Waals surface area contributed by atoms with E-state index < -0.39 is 0 Å². The van der Waals surface area contributed by atoms with Crippen molar-refractivity contribution in [3.63, 3.8) is 0 Å². The first-order chi connectivity index (χ1) is 12.2. The molecule has 2 N–H and O–H groups in total. The van der Waals surface area contributed by atoms with Crippen LogP contribution in [0.5, 0.6) is 5.75 Å². The van der Waals surface area contributed by atoms with Gasteiger partial charge in [0.1, 0.15) is 5.75 Å². The number of methoxy groups -OCH3 is 1. The molecule has 2 aromatic carbocycles. The number of para-hydroxylation sites is 2. The molecule has 0 unspecified atom stereocenters. The van der Waals surface area contributed by atoms with Crippen LogP contribution in [0.3, 0.4) is 0 Å². The normalized spacial score (nSPS) is 10.3. The molecule has 0 aromatic heterocycles. The minimum Gasteiger partial charge on any atom is -0.496 e. The average Bonchev–Trinajstić information content (AvgIpc) is 2.65. The third-order valence-electron chi connectivity index (χ3n) is 3.39. The smallest absolute Gasteiger partial charge is 0.253 e. The number of hydrogen-bond donors (Lipinski definition) is 2. The second-order valence-electron chi connectivity index (χ2n) is 5.11. The Labute approximate surface area is 147 Å². The number of hydrogen-bond acceptors (Lipinski definition) is 3. The zero-order valence-corrected chi connectivity index (χ0v) is 14.0. The van der Waals surface area contributed by atoms with Gasteiger partial charge in [0, 0.05) is 18.2 Å². The monoisotopic (exact) mass is 336 g/mol. The van der Waals surface area contributed by atoms with Crippen molar-refractivity contribution in [2.45, 2.75) is 0 Å². The number of ether oxygens (including phenoxy) is 1. The molecule has 0 fully saturated rings. The first-order valence-electron chi connectivity index (χ1n) is 7.76. The van der Waals surface area contributed by atoms with Gasteiger partial charge in [-0.05, 0) is 24.3 Å². The summed E-state index contributed by atoms with van der Waals surface area (Å²) in [6.07, 6.45) is 4.65. The fraction of sp³-hybridized carbons (Fsp3) is 0.100. The summed E-state index contributed by atoms with van der Waals surface area (Å²) in [6.45, 7) is 3.92.